The summed E-state index contributed by atoms with van der Waals surface area (Å²) in [5, 5.41) is 3.44. The van der Waals surface area contributed by atoms with Crippen molar-refractivity contribution in [2.24, 2.45) is 5.73 Å². The molecule has 0 amide bonds. The summed E-state index contributed by atoms with van der Waals surface area (Å²) in [5.74, 6) is 0. The van der Waals surface area contributed by atoms with Crippen molar-refractivity contribution in [3.05, 3.63) is 29.3 Å². The molecule has 0 aliphatic carbocycles. The van der Waals surface area contributed by atoms with Crippen LogP contribution in [-0.4, -0.2) is 12.6 Å². The van der Waals surface area contributed by atoms with Gasteiger partial charge in [0, 0.05) is 18.3 Å². The normalized spacial score (nSPS) is 21.5. The van der Waals surface area contributed by atoms with Crippen molar-refractivity contribution in [1.29, 1.82) is 0 Å². The summed E-state index contributed by atoms with van der Waals surface area (Å²) in [6.07, 6.45) is 2.07. The van der Waals surface area contributed by atoms with Gasteiger partial charge in [0.25, 0.3) is 0 Å². The van der Waals surface area contributed by atoms with Gasteiger partial charge in [-0.1, -0.05) is 18.2 Å². The minimum Gasteiger partial charge on any atom is -0.385 e. The fraction of sp³-hybridized carbons (Fsp3) is 0.455. The van der Waals surface area contributed by atoms with E-state index in [9.17, 15) is 0 Å². The molecule has 1 heterocycles. The Hall–Kier alpha value is -1.02. The van der Waals surface area contributed by atoms with E-state index in [0.29, 0.717) is 6.04 Å². The lowest BCUT2D eigenvalue weighted by atomic mass is 10.0. The van der Waals surface area contributed by atoms with Gasteiger partial charge in [0.1, 0.15) is 0 Å². The molecule has 0 radical (unpaired) electrons. The highest BCUT2D eigenvalue weighted by Crippen LogP contribution is 2.24. The Bertz CT molecular complexity index is 307. The Morgan fingerprint density at radius 1 is 1.46 bits per heavy atom. The first-order valence-corrected chi connectivity index (χ1v) is 4.85. The molecule has 1 unspecified atom stereocenters. The van der Waals surface area contributed by atoms with Gasteiger partial charge in [-0.2, -0.15) is 0 Å². The summed E-state index contributed by atoms with van der Waals surface area (Å²) in [5.41, 5.74) is 9.95. The summed E-state index contributed by atoms with van der Waals surface area (Å²) in [6.45, 7) is 3.14. The van der Waals surface area contributed by atoms with Crippen LogP contribution in [0.5, 0.6) is 0 Å². The molecule has 0 aromatic heterocycles. The number of hydrogen-bond donors (Lipinski definition) is 2. The van der Waals surface area contributed by atoms with E-state index in [1.165, 1.54) is 16.8 Å². The van der Waals surface area contributed by atoms with Crippen LogP contribution < -0.4 is 11.1 Å². The van der Waals surface area contributed by atoms with E-state index in [2.05, 4.69) is 30.4 Å². The van der Waals surface area contributed by atoms with Gasteiger partial charge in [-0.05, 0) is 30.9 Å². The minimum absolute atomic E-state index is 0.315. The number of fused-ring (bicyclic) bond motifs is 1. The zero-order chi connectivity index (χ0) is 9.26. The summed E-state index contributed by atoms with van der Waals surface area (Å²) < 4.78 is 0. The number of para-hydroxylation sites is 1. The van der Waals surface area contributed by atoms with Crippen LogP contribution >= 0.6 is 0 Å². The third-order valence-corrected chi connectivity index (χ3v) is 2.66. The molecule has 1 aromatic carbocycles. The zero-order valence-electron chi connectivity index (χ0n) is 8.01. The van der Waals surface area contributed by atoms with Gasteiger partial charge in [0.15, 0.2) is 0 Å². The molecule has 1 atom stereocenters. The Morgan fingerprint density at radius 3 is 3.15 bits per heavy atom. The maximum absolute atomic E-state index is 5.96. The molecule has 1 aliphatic heterocycles. The lowest BCUT2D eigenvalue weighted by molar-refractivity contribution is 0.642. The lowest BCUT2D eigenvalue weighted by Crippen LogP contribution is -2.22. The molecule has 2 rings (SSSR count). The van der Waals surface area contributed by atoms with Crippen LogP contribution in [0.4, 0.5) is 5.69 Å². The first-order valence-electron chi connectivity index (χ1n) is 4.85. The average molecular weight is 176 g/mol. The highest BCUT2D eigenvalue weighted by atomic mass is 14.9. The molecule has 1 aromatic rings. The van der Waals surface area contributed by atoms with Gasteiger partial charge in [0.05, 0.1) is 0 Å². The van der Waals surface area contributed by atoms with Crippen molar-refractivity contribution in [3.8, 4) is 0 Å². The SMILES string of the molecule is Cc1cccc2c1NCCC(N)C2. The molecular weight excluding hydrogens is 160 g/mol. The molecular formula is C11H16N2. The molecule has 0 saturated carbocycles. The summed E-state index contributed by atoms with van der Waals surface area (Å²) in [7, 11) is 0. The van der Waals surface area contributed by atoms with Gasteiger partial charge in [-0.3, -0.25) is 0 Å². The summed E-state index contributed by atoms with van der Waals surface area (Å²) in [4.78, 5) is 0. The second kappa shape index (κ2) is 3.38. The topological polar surface area (TPSA) is 38.0 Å². The van der Waals surface area contributed by atoms with Crippen molar-refractivity contribution in [2.75, 3.05) is 11.9 Å². The summed E-state index contributed by atoms with van der Waals surface area (Å²) >= 11 is 0. The number of nitrogens with two attached hydrogens (primary N) is 1. The van der Waals surface area contributed by atoms with E-state index in [-0.39, 0.29) is 0 Å². The molecule has 2 heteroatoms. The third-order valence-electron chi connectivity index (χ3n) is 2.66. The largest absolute Gasteiger partial charge is 0.385 e. The van der Waals surface area contributed by atoms with Crippen molar-refractivity contribution in [3.63, 3.8) is 0 Å². The highest BCUT2D eigenvalue weighted by molar-refractivity contribution is 5.58. The molecule has 70 valence electrons. The molecule has 0 bridgehead atoms. The van der Waals surface area contributed by atoms with Crippen LogP contribution in [0.1, 0.15) is 17.5 Å². The number of anilines is 1. The summed E-state index contributed by atoms with van der Waals surface area (Å²) in [6, 6.07) is 6.73. The molecule has 1 aliphatic rings. The maximum atomic E-state index is 5.96. The van der Waals surface area contributed by atoms with Crippen molar-refractivity contribution in [1.82, 2.24) is 0 Å². The van der Waals surface area contributed by atoms with Crippen molar-refractivity contribution >= 4 is 5.69 Å². The van der Waals surface area contributed by atoms with E-state index in [1.54, 1.807) is 0 Å². The van der Waals surface area contributed by atoms with Gasteiger partial charge < -0.3 is 11.1 Å². The first kappa shape index (κ1) is 8.57. The molecule has 0 saturated heterocycles. The fourth-order valence-corrected chi connectivity index (χ4v) is 1.92. The smallest absolute Gasteiger partial charge is 0.0403 e. The van der Waals surface area contributed by atoms with E-state index in [4.69, 9.17) is 5.73 Å². The predicted octanol–water partition coefficient (Wildman–Crippen LogP) is 1.68. The van der Waals surface area contributed by atoms with E-state index < -0.39 is 0 Å². The Kier molecular flexibility index (Phi) is 2.23. The Labute approximate surface area is 79.1 Å². The van der Waals surface area contributed by atoms with E-state index >= 15 is 0 Å². The van der Waals surface area contributed by atoms with E-state index in [0.717, 1.165) is 19.4 Å². The van der Waals surface area contributed by atoms with Crippen molar-refractivity contribution in [2.45, 2.75) is 25.8 Å². The van der Waals surface area contributed by atoms with Crippen molar-refractivity contribution < 1.29 is 0 Å². The number of nitrogens with one attached hydrogen (secondary N) is 1. The van der Waals surface area contributed by atoms with Gasteiger partial charge in [-0.25, -0.2) is 0 Å². The molecule has 13 heavy (non-hydrogen) atoms. The average Bonchev–Trinajstić information content (AvgIpc) is 2.27. The number of hydrogen-bond acceptors (Lipinski definition) is 2. The predicted molar refractivity (Wildman–Crippen MR) is 56.0 cm³/mol. The van der Waals surface area contributed by atoms with E-state index in [1.807, 2.05) is 0 Å². The zero-order valence-corrected chi connectivity index (χ0v) is 8.01. The number of rotatable bonds is 0. The Balaban J connectivity index is 2.39. The van der Waals surface area contributed by atoms with Crippen LogP contribution in [0.3, 0.4) is 0 Å². The number of benzene rings is 1. The molecule has 0 spiro atoms. The van der Waals surface area contributed by atoms with Gasteiger partial charge in [-0.15, -0.1) is 0 Å². The van der Waals surface area contributed by atoms with Crippen LogP contribution in [0, 0.1) is 6.92 Å². The highest BCUT2D eigenvalue weighted by Gasteiger charge is 2.13. The maximum Gasteiger partial charge on any atom is 0.0403 e. The minimum atomic E-state index is 0.315. The first-order chi connectivity index (χ1) is 6.27. The quantitative estimate of drug-likeness (QED) is 0.631. The second-order valence-electron chi connectivity index (χ2n) is 3.79. The monoisotopic (exact) mass is 176 g/mol. The fourth-order valence-electron chi connectivity index (χ4n) is 1.92. The van der Waals surface area contributed by atoms with Crippen LogP contribution in [-0.2, 0) is 6.42 Å². The Morgan fingerprint density at radius 2 is 2.31 bits per heavy atom. The molecule has 2 nitrogen and oxygen atoms in total. The van der Waals surface area contributed by atoms with Gasteiger partial charge in [0.2, 0.25) is 0 Å². The van der Waals surface area contributed by atoms with Gasteiger partial charge >= 0.3 is 0 Å². The number of aryl methyl sites for hydroxylation is 1. The van der Waals surface area contributed by atoms with Crippen LogP contribution in [0.15, 0.2) is 18.2 Å². The third kappa shape index (κ3) is 1.68. The second-order valence-corrected chi connectivity index (χ2v) is 3.79. The van der Waals surface area contributed by atoms with Crippen LogP contribution in [0.25, 0.3) is 0 Å². The lowest BCUT2D eigenvalue weighted by Gasteiger charge is -2.10. The van der Waals surface area contributed by atoms with Crippen LogP contribution in [0.2, 0.25) is 0 Å². The molecule has 0 fully saturated rings. The molecule has 3 N–H and O–H groups in total. The standard InChI is InChI=1S/C11H16N2/c1-8-3-2-4-9-7-10(12)5-6-13-11(8)9/h2-4,10,13H,5-7,12H2,1H3.